The van der Waals surface area contributed by atoms with Crippen LogP contribution in [-0.4, -0.2) is 45.2 Å². The van der Waals surface area contributed by atoms with Crippen LogP contribution in [0.3, 0.4) is 0 Å². The molecule has 0 aromatic carbocycles. The van der Waals surface area contributed by atoms with Gasteiger partial charge in [-0.15, -0.1) is 0 Å². The van der Waals surface area contributed by atoms with E-state index in [9.17, 15) is 8.42 Å². The fraction of sp³-hybridized carbons (Fsp3) is 0.778. The standard InChI is InChI=1S/C9H19BrN2O2S/c1-4-12(15(3,13)14)7-5-6-11-8-9(2)10/h11H,2,4-8H2,1,3H3. The largest absolute Gasteiger partial charge is 0.312 e. The maximum absolute atomic E-state index is 11.2. The van der Waals surface area contributed by atoms with Crippen molar-refractivity contribution >= 4 is 26.0 Å². The minimum absolute atomic E-state index is 0.532. The Morgan fingerprint density at radius 3 is 2.53 bits per heavy atom. The highest BCUT2D eigenvalue weighted by molar-refractivity contribution is 9.11. The van der Waals surface area contributed by atoms with E-state index >= 15 is 0 Å². The van der Waals surface area contributed by atoms with Crippen LogP contribution in [-0.2, 0) is 10.0 Å². The number of nitrogens with zero attached hydrogens (tertiary/aromatic N) is 1. The Balaban J connectivity index is 3.70. The van der Waals surface area contributed by atoms with E-state index in [4.69, 9.17) is 0 Å². The Hall–Kier alpha value is 0.0900. The van der Waals surface area contributed by atoms with Crippen LogP contribution < -0.4 is 5.32 Å². The topological polar surface area (TPSA) is 49.4 Å². The highest BCUT2D eigenvalue weighted by atomic mass is 79.9. The summed E-state index contributed by atoms with van der Waals surface area (Å²) < 4.78 is 24.8. The van der Waals surface area contributed by atoms with Crippen LogP contribution in [0.15, 0.2) is 11.1 Å². The Morgan fingerprint density at radius 2 is 2.13 bits per heavy atom. The predicted molar refractivity (Wildman–Crippen MR) is 67.6 cm³/mol. The van der Waals surface area contributed by atoms with Crippen LogP contribution in [0, 0.1) is 0 Å². The molecule has 1 N–H and O–H groups in total. The summed E-state index contributed by atoms with van der Waals surface area (Å²) in [4.78, 5) is 0. The number of hydrogen-bond donors (Lipinski definition) is 1. The van der Waals surface area contributed by atoms with Crippen molar-refractivity contribution in [2.24, 2.45) is 0 Å². The number of hydrogen-bond acceptors (Lipinski definition) is 3. The maximum Gasteiger partial charge on any atom is 0.211 e. The predicted octanol–water partition coefficient (Wildman–Crippen LogP) is 1.16. The summed E-state index contributed by atoms with van der Waals surface area (Å²) in [5, 5.41) is 3.15. The Labute approximate surface area is 101 Å². The van der Waals surface area contributed by atoms with Crippen molar-refractivity contribution in [2.75, 3.05) is 32.4 Å². The lowest BCUT2D eigenvalue weighted by atomic mass is 10.4. The molecule has 0 heterocycles. The molecular formula is C9H19BrN2O2S. The zero-order valence-electron chi connectivity index (χ0n) is 9.29. The van der Waals surface area contributed by atoms with Crippen molar-refractivity contribution in [3.63, 3.8) is 0 Å². The molecule has 0 spiro atoms. The van der Waals surface area contributed by atoms with Crippen LogP contribution in [0.5, 0.6) is 0 Å². The second-order valence-electron chi connectivity index (χ2n) is 3.30. The Kier molecular flexibility index (Phi) is 7.42. The average Bonchev–Trinajstić information content (AvgIpc) is 2.08. The second-order valence-corrected chi connectivity index (χ2v) is 6.41. The van der Waals surface area contributed by atoms with Crippen molar-refractivity contribution in [3.05, 3.63) is 11.1 Å². The van der Waals surface area contributed by atoms with Gasteiger partial charge in [0.15, 0.2) is 0 Å². The highest BCUT2D eigenvalue weighted by Gasteiger charge is 2.12. The molecule has 0 unspecified atom stereocenters. The second kappa shape index (κ2) is 7.38. The van der Waals surface area contributed by atoms with Gasteiger partial charge in [-0.2, -0.15) is 0 Å². The van der Waals surface area contributed by atoms with E-state index in [1.165, 1.54) is 10.6 Å². The van der Waals surface area contributed by atoms with Gasteiger partial charge < -0.3 is 5.32 Å². The number of halogens is 1. The zero-order valence-corrected chi connectivity index (χ0v) is 11.7. The van der Waals surface area contributed by atoms with Crippen LogP contribution in [0.2, 0.25) is 0 Å². The van der Waals surface area contributed by atoms with E-state index in [2.05, 4.69) is 27.8 Å². The van der Waals surface area contributed by atoms with E-state index in [1.807, 2.05) is 6.92 Å². The van der Waals surface area contributed by atoms with Gasteiger partial charge in [0.05, 0.1) is 6.26 Å². The van der Waals surface area contributed by atoms with E-state index in [1.54, 1.807) is 0 Å². The van der Waals surface area contributed by atoms with Crippen molar-refractivity contribution in [1.82, 2.24) is 9.62 Å². The first-order valence-electron chi connectivity index (χ1n) is 4.87. The van der Waals surface area contributed by atoms with Crippen molar-refractivity contribution < 1.29 is 8.42 Å². The third-order valence-electron chi connectivity index (χ3n) is 1.90. The smallest absolute Gasteiger partial charge is 0.211 e. The molecule has 15 heavy (non-hydrogen) atoms. The van der Waals surface area contributed by atoms with Gasteiger partial charge in [0.1, 0.15) is 0 Å². The highest BCUT2D eigenvalue weighted by Crippen LogP contribution is 1.99. The van der Waals surface area contributed by atoms with Gasteiger partial charge in [0.25, 0.3) is 0 Å². The summed E-state index contributed by atoms with van der Waals surface area (Å²) in [7, 11) is -3.04. The molecule has 0 fully saturated rings. The lowest BCUT2D eigenvalue weighted by molar-refractivity contribution is 0.421. The summed E-state index contributed by atoms with van der Waals surface area (Å²) in [6.45, 7) is 8.13. The molecule has 0 radical (unpaired) electrons. The molecule has 0 aromatic rings. The average molecular weight is 299 g/mol. The van der Waals surface area contributed by atoms with Crippen LogP contribution in [0.1, 0.15) is 13.3 Å². The quantitative estimate of drug-likeness (QED) is 0.684. The monoisotopic (exact) mass is 298 g/mol. The normalized spacial score (nSPS) is 12.0. The van der Waals surface area contributed by atoms with E-state index in [0.29, 0.717) is 19.6 Å². The summed E-state index contributed by atoms with van der Waals surface area (Å²) >= 11 is 3.24. The van der Waals surface area contributed by atoms with Crippen molar-refractivity contribution in [2.45, 2.75) is 13.3 Å². The minimum Gasteiger partial charge on any atom is -0.312 e. The summed E-state index contributed by atoms with van der Waals surface area (Å²) in [6.07, 6.45) is 2.05. The fourth-order valence-corrected chi connectivity index (χ4v) is 2.29. The molecule has 0 aromatic heterocycles. The van der Waals surface area contributed by atoms with Gasteiger partial charge in [-0.1, -0.05) is 29.4 Å². The molecule has 0 atom stereocenters. The third kappa shape index (κ3) is 7.96. The number of sulfonamides is 1. The van der Waals surface area contributed by atoms with Gasteiger partial charge in [-0.05, 0) is 13.0 Å². The summed E-state index contributed by atoms with van der Waals surface area (Å²) in [5.41, 5.74) is 0. The van der Waals surface area contributed by atoms with Gasteiger partial charge in [0.2, 0.25) is 10.0 Å². The van der Waals surface area contributed by atoms with Gasteiger partial charge in [-0.3, -0.25) is 0 Å². The molecule has 0 bridgehead atoms. The first-order valence-corrected chi connectivity index (χ1v) is 7.51. The lowest BCUT2D eigenvalue weighted by Crippen LogP contribution is -2.32. The molecule has 6 heteroatoms. The van der Waals surface area contributed by atoms with Gasteiger partial charge in [-0.25, -0.2) is 12.7 Å². The maximum atomic E-state index is 11.2. The number of nitrogens with one attached hydrogen (secondary N) is 1. The van der Waals surface area contributed by atoms with Crippen LogP contribution in [0.4, 0.5) is 0 Å². The summed E-state index contributed by atoms with van der Waals surface area (Å²) in [5.74, 6) is 0. The lowest BCUT2D eigenvalue weighted by Gasteiger charge is -2.17. The summed E-state index contributed by atoms with van der Waals surface area (Å²) in [6, 6.07) is 0. The minimum atomic E-state index is -3.04. The molecule has 90 valence electrons. The first-order chi connectivity index (χ1) is 6.88. The molecule has 0 rings (SSSR count). The van der Waals surface area contributed by atoms with Crippen molar-refractivity contribution in [3.8, 4) is 0 Å². The van der Waals surface area contributed by atoms with E-state index in [0.717, 1.165) is 17.4 Å². The molecule has 4 nitrogen and oxygen atoms in total. The molecule has 0 saturated heterocycles. The first kappa shape index (κ1) is 15.1. The third-order valence-corrected chi connectivity index (χ3v) is 3.56. The molecule has 0 amide bonds. The molecule has 0 aliphatic heterocycles. The molecule has 0 aliphatic carbocycles. The molecule has 0 aliphatic rings. The van der Waals surface area contributed by atoms with Gasteiger partial charge in [0, 0.05) is 24.1 Å². The van der Waals surface area contributed by atoms with Gasteiger partial charge >= 0.3 is 0 Å². The van der Waals surface area contributed by atoms with E-state index < -0.39 is 10.0 Å². The number of rotatable bonds is 8. The fourth-order valence-electron chi connectivity index (χ4n) is 1.16. The van der Waals surface area contributed by atoms with Crippen LogP contribution >= 0.6 is 15.9 Å². The van der Waals surface area contributed by atoms with Crippen LogP contribution in [0.25, 0.3) is 0 Å². The van der Waals surface area contributed by atoms with Crippen molar-refractivity contribution in [1.29, 1.82) is 0 Å². The SMILES string of the molecule is C=C(Br)CNCCCN(CC)S(C)(=O)=O. The Morgan fingerprint density at radius 1 is 1.53 bits per heavy atom. The Bertz CT molecular complexity index is 290. The van der Waals surface area contributed by atoms with E-state index in [-0.39, 0.29) is 0 Å². The molecular weight excluding hydrogens is 280 g/mol. The zero-order chi connectivity index (χ0) is 11.9. The molecule has 0 saturated carbocycles.